The van der Waals surface area contributed by atoms with Crippen LogP contribution in [0.25, 0.3) is 0 Å². The fourth-order valence-corrected chi connectivity index (χ4v) is 2.52. The first kappa shape index (κ1) is 15.8. The van der Waals surface area contributed by atoms with Gasteiger partial charge < -0.3 is 15.6 Å². The fraction of sp³-hybridized carbons (Fsp3) is 0.333. The summed E-state index contributed by atoms with van der Waals surface area (Å²) < 4.78 is 5.20. The zero-order valence-electron chi connectivity index (χ0n) is 10.2. The summed E-state index contributed by atoms with van der Waals surface area (Å²) in [5, 5.41) is 9.15. The van der Waals surface area contributed by atoms with E-state index in [1.807, 2.05) is 0 Å². The van der Waals surface area contributed by atoms with Crippen molar-refractivity contribution in [2.75, 3.05) is 12.8 Å². The molecule has 1 rings (SSSR count). The third-order valence-corrected chi connectivity index (χ3v) is 3.55. The zero-order valence-corrected chi connectivity index (χ0v) is 12.5. The van der Waals surface area contributed by atoms with Crippen LogP contribution in [-0.2, 0) is 20.7 Å². The first-order valence-corrected chi connectivity index (χ1v) is 6.55. The topological polar surface area (TPSA) is 89.6 Å². The molecular weight excluding hydrogens is 337 g/mol. The van der Waals surface area contributed by atoms with Crippen LogP contribution >= 0.6 is 27.5 Å². The van der Waals surface area contributed by atoms with Gasteiger partial charge in [-0.15, -0.1) is 0 Å². The standard InChI is InChI=1S/C12H13BrClNO4/c1-19-12(18)7(5-10(16)17)2-6-3-8(13)11(15)9(14)4-6/h3-4,7H,2,5,15H2,1H3,(H,16,17). The molecule has 0 fully saturated rings. The molecule has 0 radical (unpaired) electrons. The van der Waals surface area contributed by atoms with Crippen LogP contribution in [0.4, 0.5) is 5.69 Å². The predicted molar refractivity (Wildman–Crippen MR) is 75.0 cm³/mol. The van der Waals surface area contributed by atoms with Crippen LogP contribution in [0, 0.1) is 5.92 Å². The molecule has 1 unspecified atom stereocenters. The van der Waals surface area contributed by atoms with Crippen LogP contribution in [0.1, 0.15) is 12.0 Å². The molecule has 0 aliphatic heterocycles. The lowest BCUT2D eigenvalue weighted by Crippen LogP contribution is -2.22. The van der Waals surface area contributed by atoms with Gasteiger partial charge in [0.1, 0.15) is 0 Å². The summed E-state index contributed by atoms with van der Waals surface area (Å²) in [7, 11) is 1.23. The van der Waals surface area contributed by atoms with E-state index in [2.05, 4.69) is 20.7 Å². The van der Waals surface area contributed by atoms with Crippen molar-refractivity contribution in [3.05, 3.63) is 27.2 Å². The number of carboxylic acid groups (broad SMARTS) is 1. The molecule has 1 aromatic rings. The maximum Gasteiger partial charge on any atom is 0.309 e. The first-order chi connectivity index (χ1) is 8.85. The second-order valence-electron chi connectivity index (χ2n) is 4.00. The Kier molecular flexibility index (Phi) is 5.62. The summed E-state index contributed by atoms with van der Waals surface area (Å²) in [6.45, 7) is 0. The molecule has 7 heteroatoms. The van der Waals surface area contributed by atoms with Crippen LogP contribution in [0.5, 0.6) is 0 Å². The number of methoxy groups -OCH3 is 1. The molecule has 3 N–H and O–H groups in total. The van der Waals surface area contributed by atoms with Gasteiger partial charge in [-0.3, -0.25) is 9.59 Å². The Morgan fingerprint density at radius 3 is 2.63 bits per heavy atom. The highest BCUT2D eigenvalue weighted by Gasteiger charge is 2.23. The van der Waals surface area contributed by atoms with Crippen molar-refractivity contribution in [3.8, 4) is 0 Å². The number of nitrogen functional groups attached to an aromatic ring is 1. The lowest BCUT2D eigenvalue weighted by Gasteiger charge is -2.13. The van der Waals surface area contributed by atoms with Gasteiger partial charge in [-0.1, -0.05) is 11.6 Å². The average Bonchev–Trinajstić information content (AvgIpc) is 2.33. The highest BCUT2D eigenvalue weighted by Crippen LogP contribution is 2.30. The zero-order chi connectivity index (χ0) is 14.6. The highest BCUT2D eigenvalue weighted by molar-refractivity contribution is 9.10. The van der Waals surface area contributed by atoms with Gasteiger partial charge in [-0.05, 0) is 40.0 Å². The van der Waals surface area contributed by atoms with E-state index in [9.17, 15) is 9.59 Å². The van der Waals surface area contributed by atoms with Crippen LogP contribution in [0.2, 0.25) is 5.02 Å². The highest BCUT2D eigenvalue weighted by atomic mass is 79.9. The quantitative estimate of drug-likeness (QED) is 0.629. The minimum Gasteiger partial charge on any atom is -0.481 e. The second-order valence-corrected chi connectivity index (χ2v) is 5.26. The number of nitrogens with two attached hydrogens (primary N) is 1. The number of aliphatic carboxylic acids is 1. The number of esters is 1. The van der Waals surface area contributed by atoms with Crippen molar-refractivity contribution in [2.24, 2.45) is 5.92 Å². The van der Waals surface area contributed by atoms with Gasteiger partial charge in [0, 0.05) is 4.47 Å². The van der Waals surface area contributed by atoms with Gasteiger partial charge in [-0.25, -0.2) is 0 Å². The van der Waals surface area contributed by atoms with Gasteiger partial charge in [0.25, 0.3) is 0 Å². The minimum atomic E-state index is -1.06. The van der Waals surface area contributed by atoms with E-state index >= 15 is 0 Å². The van der Waals surface area contributed by atoms with E-state index in [0.717, 1.165) is 0 Å². The molecule has 1 aromatic carbocycles. The van der Waals surface area contributed by atoms with Crippen molar-refractivity contribution in [3.63, 3.8) is 0 Å². The van der Waals surface area contributed by atoms with Crippen LogP contribution < -0.4 is 5.73 Å². The molecule has 0 amide bonds. The summed E-state index contributed by atoms with van der Waals surface area (Å²) in [5.41, 5.74) is 6.80. The van der Waals surface area contributed by atoms with Crippen LogP contribution in [-0.4, -0.2) is 24.2 Å². The number of carbonyl (C=O) groups excluding carboxylic acids is 1. The Morgan fingerprint density at radius 2 is 2.16 bits per heavy atom. The van der Waals surface area contributed by atoms with Gasteiger partial charge in [-0.2, -0.15) is 0 Å². The number of anilines is 1. The van der Waals surface area contributed by atoms with Crippen molar-refractivity contribution in [2.45, 2.75) is 12.8 Å². The van der Waals surface area contributed by atoms with Crippen molar-refractivity contribution >= 4 is 45.2 Å². The third kappa shape index (κ3) is 4.40. The second kappa shape index (κ2) is 6.77. The molecule has 0 aromatic heterocycles. The van der Waals surface area contributed by atoms with E-state index in [1.54, 1.807) is 12.1 Å². The van der Waals surface area contributed by atoms with Crippen molar-refractivity contribution in [1.82, 2.24) is 0 Å². The Labute approximate surface area is 123 Å². The van der Waals surface area contributed by atoms with E-state index in [0.29, 0.717) is 20.7 Å². The molecular formula is C12H13BrClNO4. The van der Waals surface area contributed by atoms with E-state index in [-0.39, 0.29) is 12.8 Å². The maximum absolute atomic E-state index is 11.5. The van der Waals surface area contributed by atoms with Crippen LogP contribution in [0.15, 0.2) is 16.6 Å². The smallest absolute Gasteiger partial charge is 0.309 e. The van der Waals surface area contributed by atoms with Crippen molar-refractivity contribution in [1.29, 1.82) is 0 Å². The monoisotopic (exact) mass is 349 g/mol. The summed E-state index contributed by atoms with van der Waals surface area (Å²) in [5.74, 6) is -2.38. The first-order valence-electron chi connectivity index (χ1n) is 5.38. The third-order valence-electron chi connectivity index (χ3n) is 2.58. The maximum atomic E-state index is 11.5. The normalized spacial score (nSPS) is 11.9. The molecule has 1 atom stereocenters. The largest absolute Gasteiger partial charge is 0.481 e. The minimum absolute atomic E-state index is 0.220. The molecule has 0 bridgehead atoms. The fourth-order valence-electron chi connectivity index (χ4n) is 1.66. The number of hydrogen-bond donors (Lipinski definition) is 2. The molecule has 0 aliphatic carbocycles. The number of carboxylic acids is 1. The van der Waals surface area contributed by atoms with E-state index < -0.39 is 17.9 Å². The van der Waals surface area contributed by atoms with Crippen LogP contribution in [0.3, 0.4) is 0 Å². The lowest BCUT2D eigenvalue weighted by molar-refractivity contribution is -0.150. The number of ether oxygens (including phenoxy) is 1. The average molecular weight is 351 g/mol. The molecule has 19 heavy (non-hydrogen) atoms. The molecule has 5 nitrogen and oxygen atoms in total. The molecule has 0 aliphatic rings. The number of benzene rings is 1. The van der Waals surface area contributed by atoms with Gasteiger partial charge in [0.15, 0.2) is 0 Å². The Balaban J connectivity index is 2.96. The molecule has 0 saturated carbocycles. The number of halogens is 2. The number of hydrogen-bond acceptors (Lipinski definition) is 4. The van der Waals surface area contributed by atoms with Gasteiger partial charge >= 0.3 is 11.9 Å². The summed E-state index contributed by atoms with van der Waals surface area (Å²) in [4.78, 5) is 22.3. The Morgan fingerprint density at radius 1 is 1.53 bits per heavy atom. The predicted octanol–water partition coefficient (Wildman–Crippen LogP) is 2.49. The lowest BCUT2D eigenvalue weighted by atomic mass is 9.96. The Hall–Kier alpha value is -1.27. The molecule has 0 spiro atoms. The summed E-state index contributed by atoms with van der Waals surface area (Å²) in [6, 6.07) is 3.32. The van der Waals surface area contributed by atoms with Gasteiger partial charge in [0.05, 0.1) is 30.2 Å². The SMILES string of the molecule is COC(=O)C(CC(=O)O)Cc1cc(Cl)c(N)c(Br)c1. The van der Waals surface area contributed by atoms with E-state index in [1.165, 1.54) is 7.11 Å². The molecule has 0 heterocycles. The van der Waals surface area contributed by atoms with Gasteiger partial charge in [0.2, 0.25) is 0 Å². The van der Waals surface area contributed by atoms with E-state index in [4.69, 9.17) is 22.4 Å². The summed E-state index contributed by atoms with van der Waals surface area (Å²) in [6.07, 6.45) is -0.0795. The Bertz CT molecular complexity index is 483. The number of carbonyl (C=O) groups is 2. The summed E-state index contributed by atoms with van der Waals surface area (Å²) >= 11 is 9.18. The van der Waals surface area contributed by atoms with Crippen molar-refractivity contribution < 1.29 is 19.4 Å². The molecule has 104 valence electrons. The number of rotatable bonds is 5. The molecule has 0 saturated heterocycles.